The predicted molar refractivity (Wildman–Crippen MR) is 74.9 cm³/mol. The molecule has 0 atom stereocenters. The molecule has 1 heterocycles. The molecule has 4 nitrogen and oxygen atoms in total. The van der Waals surface area contributed by atoms with Gasteiger partial charge in [-0.1, -0.05) is 0 Å². The molecule has 2 rings (SSSR count). The van der Waals surface area contributed by atoms with Gasteiger partial charge in [0, 0.05) is 12.2 Å². The van der Waals surface area contributed by atoms with E-state index in [4.69, 9.17) is 0 Å². The Kier molecular flexibility index (Phi) is 4.39. The Morgan fingerprint density at radius 1 is 1.37 bits per heavy atom. The van der Waals surface area contributed by atoms with Crippen LogP contribution >= 0.6 is 0 Å². The first kappa shape index (κ1) is 13.8. The van der Waals surface area contributed by atoms with Crippen LogP contribution in [0, 0.1) is 31.1 Å². The van der Waals surface area contributed by atoms with Gasteiger partial charge in [0.2, 0.25) is 0 Å². The Labute approximate surface area is 114 Å². The Morgan fingerprint density at radius 3 is 2.68 bits per heavy atom. The average molecular weight is 259 g/mol. The number of nitrogens with one attached hydrogen (secondary N) is 1. The molecule has 1 aliphatic rings. The lowest BCUT2D eigenvalue weighted by molar-refractivity contribution is 0.111. The summed E-state index contributed by atoms with van der Waals surface area (Å²) in [6.45, 7) is 4.71. The van der Waals surface area contributed by atoms with E-state index in [0.717, 1.165) is 43.5 Å². The summed E-state index contributed by atoms with van der Waals surface area (Å²) in [5.41, 5.74) is 2.54. The van der Waals surface area contributed by atoms with Crippen LogP contribution in [0.25, 0.3) is 0 Å². The molecule has 0 unspecified atom stereocenters. The standard InChI is InChI=1S/C15H21N3O/c1-10-7-11(2)18-15(14(10)8-16)17-9-12-3-5-13(19)6-4-12/h7,12-13,19H,3-6,9H2,1-2H3,(H,17,18). The summed E-state index contributed by atoms with van der Waals surface area (Å²) in [6, 6.07) is 4.15. The smallest absolute Gasteiger partial charge is 0.144 e. The quantitative estimate of drug-likeness (QED) is 0.875. The highest BCUT2D eigenvalue weighted by Crippen LogP contribution is 2.25. The summed E-state index contributed by atoms with van der Waals surface area (Å²) < 4.78 is 0. The summed E-state index contributed by atoms with van der Waals surface area (Å²) >= 11 is 0. The number of aromatic nitrogens is 1. The van der Waals surface area contributed by atoms with Crippen molar-refractivity contribution in [2.75, 3.05) is 11.9 Å². The van der Waals surface area contributed by atoms with Crippen molar-refractivity contribution in [1.82, 2.24) is 4.98 Å². The number of rotatable bonds is 3. The largest absolute Gasteiger partial charge is 0.393 e. The Hall–Kier alpha value is -1.60. The maximum Gasteiger partial charge on any atom is 0.144 e. The second kappa shape index (κ2) is 6.03. The number of hydrogen-bond donors (Lipinski definition) is 2. The van der Waals surface area contributed by atoms with Gasteiger partial charge >= 0.3 is 0 Å². The molecule has 1 aromatic heterocycles. The van der Waals surface area contributed by atoms with Crippen molar-refractivity contribution in [2.24, 2.45) is 5.92 Å². The molecule has 1 aromatic rings. The summed E-state index contributed by atoms with van der Waals surface area (Å²) in [7, 11) is 0. The molecule has 0 amide bonds. The monoisotopic (exact) mass is 259 g/mol. The van der Waals surface area contributed by atoms with Gasteiger partial charge in [0.25, 0.3) is 0 Å². The number of aliphatic hydroxyl groups is 1. The van der Waals surface area contributed by atoms with Gasteiger partial charge in [0.15, 0.2) is 0 Å². The van der Waals surface area contributed by atoms with Gasteiger partial charge in [-0.2, -0.15) is 5.26 Å². The van der Waals surface area contributed by atoms with E-state index in [1.807, 2.05) is 19.9 Å². The third kappa shape index (κ3) is 3.45. The summed E-state index contributed by atoms with van der Waals surface area (Å²) in [5.74, 6) is 1.27. The number of pyridine rings is 1. The number of aliphatic hydroxyl groups excluding tert-OH is 1. The molecule has 0 radical (unpaired) electrons. The fourth-order valence-corrected chi connectivity index (χ4v) is 2.70. The van der Waals surface area contributed by atoms with Crippen molar-refractivity contribution >= 4 is 5.82 Å². The van der Waals surface area contributed by atoms with Gasteiger partial charge < -0.3 is 10.4 Å². The van der Waals surface area contributed by atoms with Gasteiger partial charge in [0.05, 0.1) is 11.7 Å². The van der Waals surface area contributed by atoms with Crippen molar-refractivity contribution < 1.29 is 5.11 Å². The zero-order chi connectivity index (χ0) is 13.8. The summed E-state index contributed by atoms with van der Waals surface area (Å²) in [6.07, 6.45) is 3.74. The summed E-state index contributed by atoms with van der Waals surface area (Å²) in [5, 5.41) is 22.0. The van der Waals surface area contributed by atoms with Gasteiger partial charge in [0.1, 0.15) is 11.9 Å². The molecule has 1 aliphatic carbocycles. The Morgan fingerprint density at radius 2 is 2.05 bits per heavy atom. The van der Waals surface area contributed by atoms with Crippen molar-refractivity contribution in [1.29, 1.82) is 5.26 Å². The first-order valence-electron chi connectivity index (χ1n) is 6.90. The maximum atomic E-state index is 9.49. The van der Waals surface area contributed by atoms with Crippen LogP contribution in [0.2, 0.25) is 0 Å². The van der Waals surface area contributed by atoms with Crippen LogP contribution in [-0.4, -0.2) is 22.7 Å². The fraction of sp³-hybridized carbons (Fsp3) is 0.600. The van der Waals surface area contributed by atoms with Crippen LogP contribution in [0.1, 0.15) is 42.5 Å². The topological polar surface area (TPSA) is 68.9 Å². The SMILES string of the molecule is Cc1cc(C)c(C#N)c(NCC2CCC(O)CC2)n1. The van der Waals surface area contributed by atoms with Gasteiger partial charge in [-0.15, -0.1) is 0 Å². The molecule has 1 saturated carbocycles. The van der Waals surface area contributed by atoms with Crippen molar-refractivity contribution in [3.8, 4) is 6.07 Å². The first-order valence-corrected chi connectivity index (χ1v) is 6.90. The van der Waals surface area contributed by atoms with Crippen molar-refractivity contribution in [3.63, 3.8) is 0 Å². The molecular formula is C15H21N3O. The minimum Gasteiger partial charge on any atom is -0.393 e. The van der Waals surface area contributed by atoms with Gasteiger partial charge in [-0.05, 0) is 57.1 Å². The highest BCUT2D eigenvalue weighted by Gasteiger charge is 2.19. The molecule has 0 saturated heterocycles. The average Bonchev–Trinajstić information content (AvgIpc) is 2.37. The number of aryl methyl sites for hydroxylation is 2. The molecule has 0 spiro atoms. The third-order valence-corrected chi connectivity index (χ3v) is 3.83. The summed E-state index contributed by atoms with van der Waals surface area (Å²) in [4.78, 5) is 4.42. The van der Waals surface area contributed by atoms with E-state index < -0.39 is 0 Å². The molecule has 4 heteroatoms. The number of nitrogens with zero attached hydrogens (tertiary/aromatic N) is 2. The minimum atomic E-state index is -0.120. The fourth-order valence-electron chi connectivity index (χ4n) is 2.70. The molecular weight excluding hydrogens is 238 g/mol. The van der Waals surface area contributed by atoms with E-state index in [2.05, 4.69) is 16.4 Å². The number of anilines is 1. The lowest BCUT2D eigenvalue weighted by atomic mass is 9.87. The molecule has 19 heavy (non-hydrogen) atoms. The second-order valence-electron chi connectivity index (χ2n) is 5.47. The maximum absolute atomic E-state index is 9.49. The minimum absolute atomic E-state index is 0.120. The highest BCUT2D eigenvalue weighted by molar-refractivity contribution is 5.56. The molecule has 0 aromatic carbocycles. The van der Waals surface area contributed by atoms with Crippen LogP contribution < -0.4 is 5.32 Å². The second-order valence-corrected chi connectivity index (χ2v) is 5.47. The first-order chi connectivity index (χ1) is 9.10. The molecule has 2 N–H and O–H groups in total. The van der Waals surface area contributed by atoms with Crippen LogP contribution in [0.4, 0.5) is 5.82 Å². The lowest BCUT2D eigenvalue weighted by Crippen LogP contribution is -2.24. The van der Waals surface area contributed by atoms with Crippen LogP contribution in [0.5, 0.6) is 0 Å². The van der Waals surface area contributed by atoms with Crippen molar-refractivity contribution in [2.45, 2.75) is 45.6 Å². The van der Waals surface area contributed by atoms with Gasteiger partial charge in [-0.3, -0.25) is 0 Å². The van der Waals surface area contributed by atoms with Crippen LogP contribution in [0.15, 0.2) is 6.07 Å². The zero-order valence-corrected chi connectivity index (χ0v) is 11.6. The van der Waals surface area contributed by atoms with E-state index in [1.165, 1.54) is 0 Å². The third-order valence-electron chi connectivity index (χ3n) is 3.83. The van der Waals surface area contributed by atoms with E-state index in [1.54, 1.807) is 0 Å². The lowest BCUT2D eigenvalue weighted by Gasteiger charge is -2.25. The zero-order valence-electron chi connectivity index (χ0n) is 11.6. The van der Waals surface area contributed by atoms with Crippen LogP contribution in [0.3, 0.4) is 0 Å². The highest BCUT2D eigenvalue weighted by atomic mass is 16.3. The predicted octanol–water partition coefficient (Wildman–Crippen LogP) is 2.53. The van der Waals surface area contributed by atoms with E-state index in [0.29, 0.717) is 17.3 Å². The van der Waals surface area contributed by atoms with E-state index in [-0.39, 0.29) is 6.10 Å². The Bertz CT molecular complexity index is 485. The normalized spacial score (nSPS) is 22.8. The van der Waals surface area contributed by atoms with E-state index >= 15 is 0 Å². The molecule has 1 fully saturated rings. The molecule has 0 aliphatic heterocycles. The van der Waals surface area contributed by atoms with E-state index in [9.17, 15) is 10.4 Å². The number of hydrogen-bond acceptors (Lipinski definition) is 4. The molecule has 102 valence electrons. The van der Waals surface area contributed by atoms with Crippen molar-refractivity contribution in [3.05, 3.63) is 22.9 Å². The Balaban J connectivity index is 2.01. The van der Waals surface area contributed by atoms with Crippen LogP contribution in [-0.2, 0) is 0 Å². The number of nitriles is 1. The van der Waals surface area contributed by atoms with Gasteiger partial charge in [-0.25, -0.2) is 4.98 Å². The molecule has 0 bridgehead atoms.